The average Bonchev–Trinajstić information content (AvgIpc) is 3.07. The van der Waals surface area contributed by atoms with Gasteiger partial charge in [0.1, 0.15) is 12.7 Å². The van der Waals surface area contributed by atoms with E-state index in [1.54, 1.807) is 13.0 Å². The van der Waals surface area contributed by atoms with Crippen molar-refractivity contribution in [3.63, 3.8) is 0 Å². The van der Waals surface area contributed by atoms with Crippen molar-refractivity contribution in [1.29, 1.82) is 31.6 Å². The van der Waals surface area contributed by atoms with Gasteiger partial charge in [0.15, 0.2) is 0 Å². The van der Waals surface area contributed by atoms with Crippen LogP contribution in [0.15, 0.2) is 0 Å². The summed E-state index contributed by atoms with van der Waals surface area (Å²) in [5.74, 6) is -0.267. The van der Waals surface area contributed by atoms with Crippen molar-refractivity contribution in [1.82, 2.24) is 0 Å². The number of carboxylic acids is 2. The van der Waals surface area contributed by atoms with Gasteiger partial charge in [0.25, 0.3) is 0 Å². The van der Waals surface area contributed by atoms with E-state index in [4.69, 9.17) is 42.4 Å². The summed E-state index contributed by atoms with van der Waals surface area (Å²) in [4.78, 5) is 40.2. The van der Waals surface area contributed by atoms with E-state index in [0.717, 1.165) is 25.5 Å². The van der Waals surface area contributed by atoms with E-state index >= 15 is 0 Å². The fourth-order valence-electron chi connectivity index (χ4n) is 4.32. The molecule has 4 atom stereocenters. The molecule has 0 radical (unpaired) electrons. The molecule has 0 spiro atoms. The van der Waals surface area contributed by atoms with Crippen LogP contribution < -0.4 is 62.2 Å². The summed E-state index contributed by atoms with van der Waals surface area (Å²) >= 11 is 0. The Kier molecular flexibility index (Phi) is 60.7. The van der Waals surface area contributed by atoms with Crippen molar-refractivity contribution in [2.75, 3.05) is 13.2 Å². The Bertz CT molecular complexity index is 1230. The number of hydrogen-bond acceptors (Lipinski definition) is 13. The number of carbonyl (C=O) groups is 4. The number of nitrogens with two attached hydrogens (primary N) is 1. The van der Waals surface area contributed by atoms with Crippen LogP contribution in [0.4, 0.5) is 0 Å². The number of ether oxygens (including phenoxy) is 1. The number of carbonyl (C=O) groups excluding carboxylic acids is 3. The molecule has 1 unspecified atom stereocenters. The van der Waals surface area contributed by atoms with Gasteiger partial charge in [-0.15, -0.1) is 0 Å². The molecule has 14 nitrogen and oxygen atoms in total. The van der Waals surface area contributed by atoms with Gasteiger partial charge in [-0.1, -0.05) is 69.2 Å². The van der Waals surface area contributed by atoms with Crippen molar-refractivity contribution in [3.8, 4) is 36.4 Å². The van der Waals surface area contributed by atoms with Crippen LogP contribution in [0.25, 0.3) is 0 Å². The minimum absolute atomic E-state index is 0. The Morgan fingerprint density at radius 2 is 1.05 bits per heavy atom. The fraction of sp³-hybridized carbons (Fsp3) is 0.762. The topological polar surface area (TPSA) is 290 Å². The van der Waals surface area contributed by atoms with E-state index in [1.807, 2.05) is 45.9 Å². The maximum atomic E-state index is 10.3. The summed E-state index contributed by atoms with van der Waals surface area (Å²) < 4.78 is 4.42. The molecule has 0 fully saturated rings. The van der Waals surface area contributed by atoms with Crippen molar-refractivity contribution in [2.45, 2.75) is 140 Å². The van der Waals surface area contributed by atoms with Crippen molar-refractivity contribution in [3.05, 3.63) is 0 Å². The van der Waals surface area contributed by atoms with Gasteiger partial charge in [-0.3, -0.25) is 9.59 Å². The van der Waals surface area contributed by atoms with E-state index in [2.05, 4.69) is 58.4 Å². The predicted octanol–water partition coefficient (Wildman–Crippen LogP) is 4.26. The SMILES string of the molecule is CC(C)CC(C#N)CC#N.CC(C)CC=O.CC(C)C[C@@H](C#N)CC#N.CC(C)C[C@H](C#N)CC(=O)[O-].CC(C)C[C@H](CN)CC(=O)O.CCOC(=O)CC#N.[K+]. The van der Waals surface area contributed by atoms with Crippen LogP contribution in [0.2, 0.25) is 0 Å². The maximum absolute atomic E-state index is 10.3. The Morgan fingerprint density at radius 1 is 0.667 bits per heavy atom. The maximum Gasteiger partial charge on any atom is 1.00 e. The third-order valence-electron chi connectivity index (χ3n) is 6.60. The third-order valence-corrected chi connectivity index (χ3v) is 6.60. The van der Waals surface area contributed by atoms with Crippen LogP contribution in [0.3, 0.4) is 0 Å². The van der Waals surface area contributed by atoms with Gasteiger partial charge < -0.3 is 30.3 Å². The zero-order valence-corrected chi connectivity index (χ0v) is 40.0. The second-order valence-corrected chi connectivity index (χ2v) is 14.9. The number of hydrogen-bond donors (Lipinski definition) is 2. The number of aliphatic carboxylic acids is 2. The van der Waals surface area contributed by atoms with Gasteiger partial charge in [0.2, 0.25) is 0 Å². The average molecular weight is 824 g/mol. The molecule has 57 heavy (non-hydrogen) atoms. The first-order valence-electron chi connectivity index (χ1n) is 19.1. The molecule has 0 aliphatic carbocycles. The Morgan fingerprint density at radius 3 is 1.26 bits per heavy atom. The summed E-state index contributed by atoms with van der Waals surface area (Å²) in [6.45, 7) is 22.9. The van der Waals surface area contributed by atoms with E-state index in [0.29, 0.717) is 68.4 Å². The zero-order chi connectivity index (χ0) is 45.1. The first kappa shape index (κ1) is 68.3. The van der Waals surface area contributed by atoms with Crippen molar-refractivity contribution < 1.29 is 85.5 Å². The Hall–Kier alpha value is -3.38. The minimum Gasteiger partial charge on any atom is -0.550 e. The largest absolute Gasteiger partial charge is 1.00 e. The van der Waals surface area contributed by atoms with E-state index in [9.17, 15) is 24.3 Å². The summed E-state index contributed by atoms with van der Waals surface area (Å²) in [5, 5.41) is 68.5. The van der Waals surface area contributed by atoms with Gasteiger partial charge in [-0.05, 0) is 74.7 Å². The molecule has 0 aliphatic rings. The van der Waals surface area contributed by atoms with Crippen LogP contribution in [0.1, 0.15) is 140 Å². The first-order chi connectivity index (χ1) is 26.1. The van der Waals surface area contributed by atoms with Gasteiger partial charge in [0, 0.05) is 25.2 Å². The summed E-state index contributed by atoms with van der Waals surface area (Å²) in [6, 6.07) is 11.8. The molecule has 3 N–H and O–H groups in total. The standard InChI is InChI=1S/2C8H12N2.C8H17NO2.C8H13NO2.C5H7NO2.C5H10O.K/c2*1-7(2)5-8(6-10)3-4-9;2*1-6(2)3-7(5-9)4-8(10)11;1-2-8-5(7)3-4-6;1-5(2)3-4-6;/h2*7-8H,3,5H2,1-2H3;6-7H,3-5,9H2,1-2H3,(H,10,11);6-7H,3-4H2,1-2H3,(H,10,11);2-3H2,1H3;4-5H,3H2,1-2H3;/q;;;;;;+1/p-1/t8-;;2*7-;;;/m0.00.../s1. The molecular weight excluding hydrogens is 754 g/mol. The van der Waals surface area contributed by atoms with Gasteiger partial charge >= 0.3 is 63.3 Å². The third kappa shape index (κ3) is 70.9. The molecule has 15 heteroatoms. The second-order valence-electron chi connectivity index (χ2n) is 14.9. The number of rotatable bonds is 19. The van der Waals surface area contributed by atoms with Crippen LogP contribution >= 0.6 is 0 Å². The predicted molar refractivity (Wildman–Crippen MR) is 212 cm³/mol. The number of esters is 1. The van der Waals surface area contributed by atoms with E-state index in [-0.39, 0.29) is 94.3 Å². The Labute approximate surface area is 387 Å². The molecule has 0 saturated heterocycles. The smallest absolute Gasteiger partial charge is 0.550 e. The van der Waals surface area contributed by atoms with Crippen LogP contribution in [-0.2, 0) is 23.9 Å². The van der Waals surface area contributed by atoms with E-state index in [1.165, 1.54) is 0 Å². The van der Waals surface area contributed by atoms with Crippen LogP contribution in [0, 0.1) is 121 Å². The van der Waals surface area contributed by atoms with Gasteiger partial charge in [0.05, 0.1) is 73.6 Å². The normalized spacial score (nSPS) is 11.3. The quantitative estimate of drug-likeness (QED) is 0.105. The monoisotopic (exact) mass is 823 g/mol. The molecule has 0 aliphatic heterocycles. The molecule has 0 aromatic carbocycles. The zero-order valence-electron chi connectivity index (χ0n) is 36.9. The van der Waals surface area contributed by atoms with Crippen molar-refractivity contribution >= 4 is 24.2 Å². The summed E-state index contributed by atoms with van der Waals surface area (Å²) in [7, 11) is 0. The molecule has 316 valence electrons. The molecule has 0 aromatic heterocycles. The fourth-order valence-corrected chi connectivity index (χ4v) is 4.32. The summed E-state index contributed by atoms with van der Waals surface area (Å²) in [5.41, 5.74) is 5.41. The van der Waals surface area contributed by atoms with Crippen LogP contribution in [0.5, 0.6) is 0 Å². The number of carboxylic acid groups (broad SMARTS) is 2. The molecule has 0 saturated carbocycles. The van der Waals surface area contributed by atoms with Gasteiger partial charge in [-0.2, -0.15) is 31.6 Å². The van der Waals surface area contributed by atoms with Gasteiger partial charge in [-0.25, -0.2) is 0 Å². The number of nitrogens with zero attached hydrogens (tertiary/aromatic N) is 6. The van der Waals surface area contributed by atoms with E-state index < -0.39 is 17.9 Å². The Balaban J connectivity index is -0.000000106. The van der Waals surface area contributed by atoms with Crippen LogP contribution in [-0.4, -0.2) is 42.5 Å². The summed E-state index contributed by atoms with van der Waals surface area (Å²) in [6.07, 6.45) is 5.51. The molecule has 0 amide bonds. The molecular formula is C42H70KN7O7. The number of aldehydes is 1. The molecule has 0 rings (SSSR count). The molecule has 0 bridgehead atoms. The first-order valence-corrected chi connectivity index (χ1v) is 19.1. The molecule has 0 heterocycles. The molecule has 0 aromatic rings. The number of nitriles is 6. The van der Waals surface area contributed by atoms with Crippen molar-refractivity contribution in [2.24, 2.45) is 59.0 Å². The minimum atomic E-state index is -1.14. The second kappa shape index (κ2) is 50.6.